The molecule has 1 fully saturated rings. The highest BCUT2D eigenvalue weighted by Gasteiger charge is 2.51. The summed E-state index contributed by atoms with van der Waals surface area (Å²) in [7, 11) is -3.60. The molecule has 0 aromatic heterocycles. The van der Waals surface area contributed by atoms with Gasteiger partial charge in [0.25, 0.3) is 0 Å². The third kappa shape index (κ3) is 4.79. The van der Waals surface area contributed by atoms with E-state index < -0.39 is 31.6 Å². The molecule has 1 heterocycles. The number of aliphatic hydroxyl groups excluding tert-OH is 2. The Labute approximate surface area is 151 Å². The molecule has 144 valence electrons. The van der Waals surface area contributed by atoms with Crippen LogP contribution in [0.15, 0.2) is 42.2 Å². The van der Waals surface area contributed by atoms with Crippen LogP contribution in [0.5, 0.6) is 0 Å². The highest BCUT2D eigenvalue weighted by Crippen LogP contribution is 2.50. The Hall–Kier alpha value is -1.54. The second-order valence-corrected chi connectivity index (χ2v) is 7.44. The quantitative estimate of drug-likeness (QED) is 0.516. The Morgan fingerprint density at radius 1 is 1.27 bits per heavy atom. The van der Waals surface area contributed by atoms with Crippen molar-refractivity contribution in [2.75, 3.05) is 19.8 Å². The van der Waals surface area contributed by atoms with Gasteiger partial charge < -0.3 is 28.7 Å². The third-order valence-corrected chi connectivity index (χ3v) is 5.45. The number of hydrogen-bond acceptors (Lipinski definition) is 8. The lowest BCUT2D eigenvalue weighted by atomic mass is 9.99. The zero-order valence-corrected chi connectivity index (χ0v) is 15.5. The zero-order valence-electron chi connectivity index (χ0n) is 14.6. The molecule has 1 unspecified atom stereocenters. The van der Waals surface area contributed by atoms with E-state index in [2.05, 4.69) is 0 Å². The SMILES string of the molecule is CCOP(=O)(/C=C/[C@@]1(OC(=O)c2ccccc2)COC(O)[C@@H]1O)OCC. The van der Waals surface area contributed by atoms with Crippen LogP contribution in [0.3, 0.4) is 0 Å². The first-order valence-electron chi connectivity index (χ1n) is 8.21. The molecular weight excluding hydrogens is 363 g/mol. The van der Waals surface area contributed by atoms with Crippen LogP contribution in [0, 0.1) is 0 Å². The number of esters is 1. The van der Waals surface area contributed by atoms with Gasteiger partial charge in [-0.2, -0.15) is 0 Å². The lowest BCUT2D eigenvalue weighted by Gasteiger charge is -2.28. The molecule has 0 amide bonds. The number of hydrogen-bond donors (Lipinski definition) is 2. The average Bonchev–Trinajstić information content (AvgIpc) is 2.90. The first-order chi connectivity index (χ1) is 12.4. The molecule has 9 heteroatoms. The normalized spacial score (nSPS) is 26.3. The molecule has 2 N–H and O–H groups in total. The molecule has 1 saturated heterocycles. The number of carbonyl (C=O) groups is 1. The van der Waals surface area contributed by atoms with Crippen LogP contribution in [0.1, 0.15) is 24.2 Å². The molecular formula is C17H23O8P. The van der Waals surface area contributed by atoms with E-state index in [1.165, 1.54) is 6.08 Å². The van der Waals surface area contributed by atoms with Crippen LogP contribution in [0.25, 0.3) is 0 Å². The highest BCUT2D eigenvalue weighted by atomic mass is 31.2. The second-order valence-electron chi connectivity index (χ2n) is 5.55. The molecule has 1 aliphatic rings. The molecule has 1 aliphatic heterocycles. The Balaban J connectivity index is 2.30. The summed E-state index contributed by atoms with van der Waals surface area (Å²) in [4.78, 5) is 12.4. The van der Waals surface area contributed by atoms with Gasteiger partial charge in [0.2, 0.25) is 0 Å². The number of ether oxygens (including phenoxy) is 2. The van der Waals surface area contributed by atoms with Crippen LogP contribution < -0.4 is 0 Å². The van der Waals surface area contributed by atoms with E-state index in [9.17, 15) is 19.6 Å². The molecule has 1 aromatic carbocycles. The molecule has 0 bridgehead atoms. The summed E-state index contributed by atoms with van der Waals surface area (Å²) in [6.07, 6.45) is -1.93. The molecule has 0 saturated carbocycles. The molecule has 0 aliphatic carbocycles. The minimum absolute atomic E-state index is 0.139. The fraction of sp³-hybridized carbons (Fsp3) is 0.471. The zero-order chi connectivity index (χ0) is 19.2. The van der Waals surface area contributed by atoms with E-state index in [-0.39, 0.29) is 25.4 Å². The summed E-state index contributed by atoms with van der Waals surface area (Å²) in [6.45, 7) is 3.27. The van der Waals surface area contributed by atoms with Gasteiger partial charge in [0.1, 0.15) is 0 Å². The van der Waals surface area contributed by atoms with E-state index in [0.717, 1.165) is 5.82 Å². The van der Waals surface area contributed by atoms with E-state index in [1.807, 2.05) is 0 Å². The van der Waals surface area contributed by atoms with E-state index in [0.29, 0.717) is 0 Å². The summed E-state index contributed by atoms with van der Waals surface area (Å²) in [5, 5.41) is 20.0. The van der Waals surface area contributed by atoms with Crippen molar-refractivity contribution in [3.05, 3.63) is 47.8 Å². The van der Waals surface area contributed by atoms with E-state index in [1.54, 1.807) is 44.2 Å². The Morgan fingerprint density at radius 3 is 2.38 bits per heavy atom. The summed E-state index contributed by atoms with van der Waals surface area (Å²) in [5.74, 6) is 0.387. The average molecular weight is 386 g/mol. The van der Waals surface area contributed by atoms with Crippen LogP contribution in [0.2, 0.25) is 0 Å². The first kappa shape index (κ1) is 20.8. The van der Waals surface area contributed by atoms with Gasteiger partial charge in [0.05, 0.1) is 25.4 Å². The topological polar surface area (TPSA) is 112 Å². The van der Waals surface area contributed by atoms with Gasteiger partial charge in [0, 0.05) is 5.82 Å². The number of rotatable bonds is 8. The van der Waals surface area contributed by atoms with Gasteiger partial charge >= 0.3 is 13.6 Å². The maximum Gasteiger partial charge on any atom is 0.353 e. The molecule has 1 aromatic rings. The summed E-state index contributed by atoms with van der Waals surface area (Å²) < 4.78 is 33.3. The molecule has 3 atom stereocenters. The fourth-order valence-electron chi connectivity index (χ4n) is 2.41. The predicted octanol–water partition coefficient (Wildman–Crippen LogP) is 2.07. The van der Waals surface area contributed by atoms with E-state index >= 15 is 0 Å². The van der Waals surface area contributed by atoms with Crippen molar-refractivity contribution in [2.24, 2.45) is 0 Å². The predicted molar refractivity (Wildman–Crippen MR) is 92.6 cm³/mol. The van der Waals surface area contributed by atoms with Gasteiger partial charge in [-0.15, -0.1) is 0 Å². The van der Waals surface area contributed by atoms with Crippen LogP contribution in [-0.4, -0.2) is 54.0 Å². The fourth-order valence-corrected chi connectivity index (χ4v) is 3.81. The standard InChI is InChI=1S/C17H23O8P/c1-3-23-26(21,24-4-2)11-10-17(12-22-16(20)14(17)18)25-15(19)13-8-6-5-7-9-13/h5-11,14,16,18,20H,3-4,12H2,1-2H3/b11-10+/t14-,16?,17+/m0/s1. The lowest BCUT2D eigenvalue weighted by Crippen LogP contribution is -2.46. The lowest BCUT2D eigenvalue weighted by molar-refractivity contribution is -0.117. The number of benzene rings is 1. The minimum atomic E-state index is -3.60. The van der Waals surface area contributed by atoms with Gasteiger partial charge in [-0.25, -0.2) is 4.79 Å². The highest BCUT2D eigenvalue weighted by molar-refractivity contribution is 7.57. The maximum atomic E-state index is 12.6. The van der Waals surface area contributed by atoms with Crippen LogP contribution in [-0.2, 0) is 23.1 Å². The van der Waals surface area contributed by atoms with Gasteiger partial charge in [-0.1, -0.05) is 18.2 Å². The minimum Gasteiger partial charge on any atom is -0.446 e. The van der Waals surface area contributed by atoms with Gasteiger partial charge in [-0.05, 0) is 32.1 Å². The van der Waals surface area contributed by atoms with Crippen molar-refractivity contribution in [3.8, 4) is 0 Å². The van der Waals surface area contributed by atoms with Gasteiger partial charge in [0.15, 0.2) is 18.0 Å². The van der Waals surface area contributed by atoms with Crippen LogP contribution >= 0.6 is 7.60 Å². The molecule has 8 nitrogen and oxygen atoms in total. The second kappa shape index (κ2) is 8.90. The summed E-state index contributed by atoms with van der Waals surface area (Å²) >= 11 is 0. The third-order valence-electron chi connectivity index (χ3n) is 3.70. The molecule has 0 spiro atoms. The van der Waals surface area contributed by atoms with Crippen molar-refractivity contribution in [3.63, 3.8) is 0 Å². The van der Waals surface area contributed by atoms with Crippen molar-refractivity contribution >= 4 is 13.6 Å². The Morgan fingerprint density at radius 2 is 1.88 bits per heavy atom. The van der Waals surface area contributed by atoms with Gasteiger partial charge in [-0.3, -0.25) is 4.57 Å². The Bertz CT molecular complexity index is 667. The smallest absolute Gasteiger partial charge is 0.353 e. The Kier molecular flexibility index (Phi) is 7.11. The molecule has 0 radical (unpaired) electrons. The summed E-state index contributed by atoms with van der Waals surface area (Å²) in [6, 6.07) is 8.15. The van der Waals surface area contributed by atoms with Crippen molar-refractivity contribution in [1.82, 2.24) is 0 Å². The van der Waals surface area contributed by atoms with Crippen molar-refractivity contribution in [1.29, 1.82) is 0 Å². The van der Waals surface area contributed by atoms with Crippen molar-refractivity contribution in [2.45, 2.75) is 31.8 Å². The van der Waals surface area contributed by atoms with Crippen molar-refractivity contribution < 1.29 is 38.1 Å². The van der Waals surface area contributed by atoms with E-state index in [4.69, 9.17) is 18.5 Å². The van der Waals surface area contributed by atoms with Crippen LogP contribution in [0.4, 0.5) is 0 Å². The maximum absolute atomic E-state index is 12.6. The monoisotopic (exact) mass is 386 g/mol. The molecule has 26 heavy (non-hydrogen) atoms. The summed E-state index contributed by atoms with van der Waals surface area (Å²) in [5.41, 5.74) is -1.47. The number of aliphatic hydroxyl groups is 2. The molecule has 2 rings (SSSR count). The largest absolute Gasteiger partial charge is 0.446 e. The number of carbonyl (C=O) groups excluding carboxylic acids is 1. The first-order valence-corrected chi connectivity index (χ1v) is 9.82.